The highest BCUT2D eigenvalue weighted by Gasteiger charge is 2.14. The van der Waals surface area contributed by atoms with E-state index < -0.39 is 0 Å². The molecule has 21 heavy (non-hydrogen) atoms. The molecule has 2 rings (SSSR count). The molecule has 3 nitrogen and oxygen atoms in total. The molecular weight excluding hydrogens is 282 g/mol. The van der Waals surface area contributed by atoms with Crippen LogP contribution >= 0.6 is 11.3 Å². The third-order valence-electron chi connectivity index (χ3n) is 3.29. The quantitative estimate of drug-likeness (QED) is 0.888. The fraction of sp³-hybridized carbons (Fsp3) is 0.353. The largest absolute Gasteiger partial charge is 0.374 e. The summed E-state index contributed by atoms with van der Waals surface area (Å²) in [5.74, 6) is 0.0240. The maximum absolute atomic E-state index is 12.0. The molecule has 0 spiro atoms. The molecule has 1 aromatic carbocycles. The van der Waals surface area contributed by atoms with Crippen LogP contribution in [0.25, 0.3) is 0 Å². The van der Waals surface area contributed by atoms with Gasteiger partial charge in [0.05, 0.1) is 6.42 Å². The number of methoxy groups -OCH3 is 1. The molecule has 1 N–H and O–H groups in total. The second-order valence-electron chi connectivity index (χ2n) is 5.14. The smallest absolute Gasteiger partial charge is 0.224 e. The number of benzene rings is 1. The van der Waals surface area contributed by atoms with E-state index in [0.717, 1.165) is 10.4 Å². The lowest BCUT2D eigenvalue weighted by molar-refractivity contribution is -0.121. The number of rotatable bonds is 6. The maximum Gasteiger partial charge on any atom is 0.224 e. The van der Waals surface area contributed by atoms with Gasteiger partial charge in [0.2, 0.25) is 5.91 Å². The number of hydrogen-bond donors (Lipinski definition) is 1. The third-order valence-corrected chi connectivity index (χ3v) is 4.39. The normalized spacial score (nSPS) is 12.1. The van der Waals surface area contributed by atoms with Crippen molar-refractivity contribution >= 4 is 17.2 Å². The van der Waals surface area contributed by atoms with Gasteiger partial charge in [-0.25, -0.2) is 0 Å². The van der Waals surface area contributed by atoms with E-state index in [-0.39, 0.29) is 12.0 Å². The molecule has 0 saturated heterocycles. The van der Waals surface area contributed by atoms with Crippen LogP contribution in [-0.2, 0) is 16.0 Å². The zero-order valence-corrected chi connectivity index (χ0v) is 13.5. The molecule has 1 heterocycles. The van der Waals surface area contributed by atoms with Crippen molar-refractivity contribution in [3.63, 3.8) is 0 Å². The number of nitrogens with one attached hydrogen (secondary N) is 1. The van der Waals surface area contributed by atoms with Crippen LogP contribution in [0.3, 0.4) is 0 Å². The number of aryl methyl sites for hydroxylation is 2. The summed E-state index contributed by atoms with van der Waals surface area (Å²) in [4.78, 5) is 14.4. The number of carbonyl (C=O) groups is 1. The molecular formula is C17H21NO2S. The Labute approximate surface area is 130 Å². The van der Waals surface area contributed by atoms with Gasteiger partial charge in [0.25, 0.3) is 0 Å². The molecule has 0 aliphatic carbocycles. The Morgan fingerprint density at radius 2 is 2.10 bits per heavy atom. The fourth-order valence-electron chi connectivity index (χ4n) is 2.20. The monoisotopic (exact) mass is 303 g/mol. The molecule has 0 saturated carbocycles. The Morgan fingerprint density at radius 3 is 2.71 bits per heavy atom. The van der Waals surface area contributed by atoms with Gasteiger partial charge in [-0.3, -0.25) is 4.79 Å². The predicted molar refractivity (Wildman–Crippen MR) is 86.7 cm³/mol. The maximum atomic E-state index is 12.0. The number of amides is 1. The highest BCUT2D eigenvalue weighted by molar-refractivity contribution is 7.12. The molecule has 112 valence electrons. The van der Waals surface area contributed by atoms with Crippen LogP contribution in [0.2, 0.25) is 0 Å². The van der Waals surface area contributed by atoms with Gasteiger partial charge in [-0.2, -0.15) is 0 Å². The lowest BCUT2D eigenvalue weighted by atomic mass is 10.1. The number of hydrogen-bond acceptors (Lipinski definition) is 3. The lowest BCUT2D eigenvalue weighted by Gasteiger charge is -2.14. The molecule has 4 heteroatoms. The van der Waals surface area contributed by atoms with Gasteiger partial charge in [-0.1, -0.05) is 29.8 Å². The molecule has 1 atom stereocenters. The summed E-state index contributed by atoms with van der Waals surface area (Å²) in [5.41, 5.74) is 2.21. The summed E-state index contributed by atoms with van der Waals surface area (Å²) in [6, 6.07) is 12.1. The SMILES string of the molecule is CO[C@H](CNC(=O)Cc1cccc(C)c1)c1ccc(C)s1. The first-order valence-electron chi connectivity index (χ1n) is 7.00. The zero-order valence-electron chi connectivity index (χ0n) is 12.7. The van der Waals surface area contributed by atoms with Crippen molar-refractivity contribution in [3.05, 3.63) is 57.3 Å². The average molecular weight is 303 g/mol. The standard InChI is InChI=1S/C17H21NO2S/c1-12-5-4-6-14(9-12)10-17(19)18-11-15(20-3)16-8-7-13(2)21-16/h4-9,15H,10-11H2,1-3H3,(H,18,19)/t15-/m1/s1. The predicted octanol–water partition coefficient (Wildman–Crippen LogP) is 3.41. The summed E-state index contributed by atoms with van der Waals surface area (Å²) in [6.45, 7) is 4.60. The minimum absolute atomic E-state index is 0.0240. The van der Waals surface area contributed by atoms with E-state index in [2.05, 4.69) is 24.4 Å². The van der Waals surface area contributed by atoms with Gasteiger partial charge in [-0.15, -0.1) is 11.3 Å². The van der Waals surface area contributed by atoms with Crippen LogP contribution in [0, 0.1) is 13.8 Å². The van der Waals surface area contributed by atoms with Crippen molar-refractivity contribution in [2.75, 3.05) is 13.7 Å². The molecule has 1 amide bonds. The second kappa shape index (κ2) is 7.38. The third kappa shape index (κ3) is 4.69. The highest BCUT2D eigenvalue weighted by atomic mass is 32.1. The second-order valence-corrected chi connectivity index (χ2v) is 6.46. The zero-order chi connectivity index (χ0) is 15.2. The molecule has 0 aliphatic heterocycles. The van der Waals surface area contributed by atoms with E-state index in [4.69, 9.17) is 4.74 Å². The van der Waals surface area contributed by atoms with E-state index in [1.807, 2.05) is 31.2 Å². The molecule has 0 fully saturated rings. The molecule has 1 aromatic heterocycles. The van der Waals surface area contributed by atoms with Crippen LogP contribution in [0.4, 0.5) is 0 Å². The van der Waals surface area contributed by atoms with Crippen molar-refractivity contribution in [2.24, 2.45) is 0 Å². The molecule has 0 unspecified atom stereocenters. The molecule has 2 aromatic rings. The molecule has 0 radical (unpaired) electrons. The van der Waals surface area contributed by atoms with E-state index in [1.165, 1.54) is 10.4 Å². The van der Waals surface area contributed by atoms with Crippen LogP contribution in [0.15, 0.2) is 36.4 Å². The van der Waals surface area contributed by atoms with E-state index >= 15 is 0 Å². The van der Waals surface area contributed by atoms with Crippen LogP contribution in [-0.4, -0.2) is 19.6 Å². The minimum atomic E-state index is -0.0786. The summed E-state index contributed by atoms with van der Waals surface area (Å²) in [5, 5.41) is 2.95. The lowest BCUT2D eigenvalue weighted by Crippen LogP contribution is -2.30. The van der Waals surface area contributed by atoms with Crippen molar-refractivity contribution < 1.29 is 9.53 Å². The first kappa shape index (κ1) is 15.7. The Kier molecular flexibility index (Phi) is 5.53. The topological polar surface area (TPSA) is 38.3 Å². The van der Waals surface area contributed by atoms with Crippen molar-refractivity contribution in [1.29, 1.82) is 0 Å². The van der Waals surface area contributed by atoms with Gasteiger partial charge in [-0.05, 0) is 31.5 Å². The summed E-state index contributed by atoms with van der Waals surface area (Å²) in [7, 11) is 1.67. The van der Waals surface area contributed by atoms with E-state index in [1.54, 1.807) is 18.4 Å². The first-order valence-corrected chi connectivity index (χ1v) is 7.81. The Hall–Kier alpha value is -1.65. The highest BCUT2D eigenvalue weighted by Crippen LogP contribution is 2.24. The fourth-order valence-corrected chi connectivity index (χ4v) is 3.16. The van der Waals surface area contributed by atoms with Gasteiger partial charge < -0.3 is 10.1 Å². The van der Waals surface area contributed by atoms with Gasteiger partial charge in [0, 0.05) is 23.4 Å². The van der Waals surface area contributed by atoms with Crippen molar-refractivity contribution in [1.82, 2.24) is 5.32 Å². The summed E-state index contributed by atoms with van der Waals surface area (Å²) < 4.78 is 5.47. The van der Waals surface area contributed by atoms with Crippen LogP contribution in [0.5, 0.6) is 0 Å². The minimum Gasteiger partial charge on any atom is -0.374 e. The Balaban J connectivity index is 1.88. The van der Waals surface area contributed by atoms with Gasteiger partial charge in [0.1, 0.15) is 6.10 Å². The number of thiophene rings is 1. The summed E-state index contributed by atoms with van der Waals surface area (Å²) >= 11 is 1.70. The van der Waals surface area contributed by atoms with E-state index in [9.17, 15) is 4.79 Å². The van der Waals surface area contributed by atoms with Crippen molar-refractivity contribution in [3.8, 4) is 0 Å². The molecule has 0 aliphatic rings. The van der Waals surface area contributed by atoms with E-state index in [0.29, 0.717) is 13.0 Å². The number of ether oxygens (including phenoxy) is 1. The van der Waals surface area contributed by atoms with Crippen molar-refractivity contribution in [2.45, 2.75) is 26.4 Å². The summed E-state index contributed by atoms with van der Waals surface area (Å²) in [6.07, 6.45) is 0.326. The van der Waals surface area contributed by atoms with Gasteiger partial charge in [0.15, 0.2) is 0 Å². The number of carbonyl (C=O) groups excluding carboxylic acids is 1. The Morgan fingerprint density at radius 1 is 1.29 bits per heavy atom. The van der Waals surface area contributed by atoms with Crippen LogP contribution in [0.1, 0.15) is 27.0 Å². The molecule has 0 bridgehead atoms. The first-order chi connectivity index (χ1) is 10.1. The van der Waals surface area contributed by atoms with Gasteiger partial charge >= 0.3 is 0 Å². The Bertz CT molecular complexity index is 606. The van der Waals surface area contributed by atoms with Crippen LogP contribution < -0.4 is 5.32 Å². The average Bonchev–Trinajstić information content (AvgIpc) is 2.86.